The molecule has 5 heteroatoms. The molecule has 0 bridgehead atoms. The van der Waals surface area contributed by atoms with E-state index >= 15 is 0 Å². The molecule has 0 fully saturated rings. The van der Waals surface area contributed by atoms with Crippen molar-refractivity contribution in [3.63, 3.8) is 0 Å². The van der Waals surface area contributed by atoms with Crippen LogP contribution in [0.25, 0.3) is 16.9 Å². The highest BCUT2D eigenvalue weighted by Crippen LogP contribution is 2.33. The van der Waals surface area contributed by atoms with E-state index in [-0.39, 0.29) is 28.4 Å². The van der Waals surface area contributed by atoms with Crippen LogP contribution < -0.4 is 0 Å². The van der Waals surface area contributed by atoms with Gasteiger partial charge in [-0.25, -0.2) is 4.79 Å². The summed E-state index contributed by atoms with van der Waals surface area (Å²) in [6.07, 6.45) is 0. The van der Waals surface area contributed by atoms with Crippen molar-refractivity contribution in [2.75, 3.05) is 0 Å². The predicted octanol–water partition coefficient (Wildman–Crippen LogP) is 3.30. The third-order valence-electron chi connectivity index (χ3n) is 3.19. The lowest BCUT2D eigenvalue weighted by atomic mass is 9.95. The first-order valence-corrected chi connectivity index (χ1v) is 6.09. The van der Waals surface area contributed by atoms with Gasteiger partial charge in [0.05, 0.1) is 5.56 Å². The van der Waals surface area contributed by atoms with Crippen LogP contribution >= 0.6 is 0 Å². The van der Waals surface area contributed by atoms with E-state index < -0.39 is 5.97 Å². The Balaban J connectivity index is 2.67. The van der Waals surface area contributed by atoms with Gasteiger partial charge in [-0.3, -0.25) is 0 Å². The molecule has 0 aromatic heterocycles. The number of phenols is 2. The Morgan fingerprint density at radius 1 is 1.00 bits per heavy atom. The highest BCUT2D eigenvalue weighted by atomic mass is 16.4. The second kappa shape index (κ2) is 5.20. The van der Waals surface area contributed by atoms with Crippen molar-refractivity contribution in [2.45, 2.75) is 6.92 Å². The number of phenolic OH excluding ortho intramolecular Hbond substituents is 1. The zero-order valence-corrected chi connectivity index (χ0v) is 11.3. The van der Waals surface area contributed by atoms with E-state index in [4.69, 9.17) is 5.11 Å². The summed E-state index contributed by atoms with van der Waals surface area (Å²) in [4.78, 5) is 11.1. The summed E-state index contributed by atoms with van der Waals surface area (Å²) in [7, 11) is 0. The Bertz CT molecular complexity index is 747. The molecule has 0 amide bonds. The van der Waals surface area contributed by atoms with Crippen LogP contribution in [0.4, 0.5) is 0 Å². The van der Waals surface area contributed by atoms with Gasteiger partial charge in [0.25, 0.3) is 0 Å². The molecule has 2 aromatic rings. The van der Waals surface area contributed by atoms with Crippen LogP contribution in [-0.2, 0) is 0 Å². The van der Waals surface area contributed by atoms with Gasteiger partial charge in [0, 0.05) is 0 Å². The lowest BCUT2D eigenvalue weighted by molar-refractivity contribution is 0.0694. The van der Waals surface area contributed by atoms with Crippen LogP contribution in [0.2, 0.25) is 0 Å². The summed E-state index contributed by atoms with van der Waals surface area (Å²) < 4.78 is 0. The van der Waals surface area contributed by atoms with Crippen molar-refractivity contribution in [3.8, 4) is 22.6 Å². The second-order valence-electron chi connectivity index (χ2n) is 4.67. The zero-order chi connectivity index (χ0) is 15.7. The van der Waals surface area contributed by atoms with Crippen LogP contribution in [0.3, 0.4) is 0 Å². The maximum absolute atomic E-state index is 11.1. The van der Waals surface area contributed by atoms with Crippen LogP contribution in [-0.4, -0.2) is 26.4 Å². The molecule has 0 spiro atoms. The molecule has 108 valence electrons. The highest BCUT2D eigenvalue weighted by Gasteiger charge is 2.15. The van der Waals surface area contributed by atoms with Crippen molar-refractivity contribution in [1.82, 2.24) is 0 Å². The smallest absolute Gasteiger partial charge is 0.339 e. The Kier molecular flexibility index (Phi) is 3.58. The number of carboxylic acids is 1. The standard InChI is InChI=1S/C16H14O5/c1-8-5-15(19)13(16(20)21)7-11(8)10-3-4-14(18)12(6-10)9(2)17/h3-7,17-19H,2H2,1H3,(H,20,21). The molecule has 2 aromatic carbocycles. The lowest BCUT2D eigenvalue weighted by Crippen LogP contribution is -1.98. The number of hydrogen-bond donors (Lipinski definition) is 4. The highest BCUT2D eigenvalue weighted by molar-refractivity contribution is 5.93. The van der Waals surface area contributed by atoms with E-state index in [1.54, 1.807) is 13.0 Å². The van der Waals surface area contributed by atoms with E-state index in [9.17, 15) is 20.1 Å². The maximum Gasteiger partial charge on any atom is 0.339 e. The summed E-state index contributed by atoms with van der Waals surface area (Å²) in [5, 5.41) is 37.8. The number of rotatable bonds is 3. The zero-order valence-electron chi connectivity index (χ0n) is 11.3. The number of aryl methyl sites for hydroxylation is 1. The van der Waals surface area contributed by atoms with Crippen molar-refractivity contribution >= 4 is 11.7 Å². The van der Waals surface area contributed by atoms with Crippen LogP contribution in [0.5, 0.6) is 11.5 Å². The van der Waals surface area contributed by atoms with Crippen molar-refractivity contribution in [3.05, 3.63) is 53.6 Å². The first kappa shape index (κ1) is 14.5. The number of aromatic carboxylic acids is 1. The second-order valence-corrected chi connectivity index (χ2v) is 4.67. The Morgan fingerprint density at radius 2 is 1.67 bits per heavy atom. The molecule has 0 aliphatic heterocycles. The molecular formula is C16H14O5. The monoisotopic (exact) mass is 286 g/mol. The topological polar surface area (TPSA) is 98.0 Å². The van der Waals surface area contributed by atoms with E-state index in [1.807, 2.05) is 0 Å². The number of carbonyl (C=O) groups is 1. The Morgan fingerprint density at radius 3 is 2.24 bits per heavy atom. The summed E-state index contributed by atoms with van der Waals surface area (Å²) in [5.74, 6) is -1.96. The summed E-state index contributed by atoms with van der Waals surface area (Å²) >= 11 is 0. The largest absolute Gasteiger partial charge is 0.508 e. The molecule has 0 heterocycles. The first-order valence-electron chi connectivity index (χ1n) is 6.09. The molecule has 0 saturated carbocycles. The number of aliphatic hydroxyl groups excluding tert-OH is 1. The molecule has 0 radical (unpaired) electrons. The molecule has 0 atom stereocenters. The van der Waals surface area contributed by atoms with Gasteiger partial charge in [0.2, 0.25) is 0 Å². The van der Waals surface area contributed by atoms with Crippen molar-refractivity contribution in [2.24, 2.45) is 0 Å². The molecule has 2 rings (SSSR count). The minimum atomic E-state index is -1.24. The molecule has 0 unspecified atom stereocenters. The third kappa shape index (κ3) is 2.67. The average Bonchev–Trinajstić information content (AvgIpc) is 2.39. The van der Waals surface area contributed by atoms with Crippen LogP contribution in [0.1, 0.15) is 21.5 Å². The number of hydrogen-bond acceptors (Lipinski definition) is 4. The van der Waals surface area contributed by atoms with Crippen LogP contribution in [0, 0.1) is 6.92 Å². The van der Waals surface area contributed by atoms with E-state index in [0.717, 1.165) is 0 Å². The predicted molar refractivity (Wildman–Crippen MR) is 78.6 cm³/mol. The Hall–Kier alpha value is -2.95. The fourth-order valence-electron chi connectivity index (χ4n) is 2.11. The molecular weight excluding hydrogens is 272 g/mol. The summed E-state index contributed by atoms with van der Waals surface area (Å²) in [6.45, 7) is 5.09. The van der Waals surface area contributed by atoms with Crippen molar-refractivity contribution in [1.29, 1.82) is 0 Å². The van der Waals surface area contributed by atoms with Gasteiger partial charge in [-0.05, 0) is 47.9 Å². The quantitative estimate of drug-likeness (QED) is 0.649. The maximum atomic E-state index is 11.1. The van der Waals surface area contributed by atoms with Gasteiger partial charge in [-0.15, -0.1) is 0 Å². The van der Waals surface area contributed by atoms with Gasteiger partial charge >= 0.3 is 5.97 Å². The van der Waals surface area contributed by atoms with Gasteiger partial charge in [-0.2, -0.15) is 0 Å². The van der Waals surface area contributed by atoms with Gasteiger partial charge in [0.1, 0.15) is 22.8 Å². The van der Waals surface area contributed by atoms with E-state index in [1.165, 1.54) is 24.3 Å². The summed E-state index contributed by atoms with van der Waals surface area (Å²) in [6, 6.07) is 7.19. The third-order valence-corrected chi connectivity index (χ3v) is 3.19. The van der Waals surface area contributed by atoms with E-state index in [0.29, 0.717) is 16.7 Å². The minimum Gasteiger partial charge on any atom is -0.508 e. The first-order chi connectivity index (χ1) is 9.81. The minimum absolute atomic E-state index is 0.124. The van der Waals surface area contributed by atoms with Gasteiger partial charge in [-0.1, -0.05) is 12.6 Å². The number of benzene rings is 2. The molecule has 4 N–H and O–H groups in total. The molecule has 5 nitrogen and oxygen atoms in total. The summed E-state index contributed by atoms with van der Waals surface area (Å²) in [5.41, 5.74) is 1.79. The Labute approximate surface area is 121 Å². The number of carboxylic acid groups (broad SMARTS) is 1. The van der Waals surface area contributed by atoms with Gasteiger partial charge in [0.15, 0.2) is 0 Å². The average molecular weight is 286 g/mol. The number of aliphatic hydroxyl groups is 1. The van der Waals surface area contributed by atoms with E-state index in [2.05, 4.69) is 6.58 Å². The molecule has 21 heavy (non-hydrogen) atoms. The molecule has 0 aliphatic carbocycles. The fourth-order valence-corrected chi connectivity index (χ4v) is 2.11. The van der Waals surface area contributed by atoms with Crippen molar-refractivity contribution < 1.29 is 25.2 Å². The fraction of sp³-hybridized carbons (Fsp3) is 0.0625. The molecule has 0 saturated heterocycles. The molecule has 0 aliphatic rings. The van der Waals surface area contributed by atoms with Gasteiger partial charge < -0.3 is 20.4 Å². The number of aromatic hydroxyl groups is 2. The SMILES string of the molecule is C=C(O)c1cc(-c2cc(C(=O)O)c(O)cc2C)ccc1O. The lowest BCUT2D eigenvalue weighted by Gasteiger charge is -2.11. The van der Waals surface area contributed by atoms with Crippen LogP contribution in [0.15, 0.2) is 36.9 Å². The normalized spacial score (nSPS) is 10.3.